The summed E-state index contributed by atoms with van der Waals surface area (Å²) in [5, 5.41) is 4.22. The van der Waals surface area contributed by atoms with E-state index < -0.39 is 0 Å². The Labute approximate surface area is 156 Å². The number of ether oxygens (including phenoxy) is 1. The standard InChI is InChI=1S/C22H20N2O3/c1-23-21(25)18-4-2-3-15(11-18)13-24-9-7-17-12-16(19-8-10-27-14-19)5-6-20(17)22(24)26/h2-9,11-12H,10,13-14H2,1H3,(H,23,25). The van der Waals surface area contributed by atoms with Crippen LogP contribution in [-0.2, 0) is 11.3 Å². The van der Waals surface area contributed by atoms with Gasteiger partial charge in [0.05, 0.1) is 19.8 Å². The second kappa shape index (κ2) is 7.21. The quantitative estimate of drug-likeness (QED) is 0.778. The third-order valence-electron chi connectivity index (χ3n) is 4.82. The number of rotatable bonds is 4. The third-order valence-corrected chi connectivity index (χ3v) is 4.82. The Kier molecular flexibility index (Phi) is 4.60. The van der Waals surface area contributed by atoms with Crippen molar-refractivity contribution in [1.82, 2.24) is 9.88 Å². The zero-order valence-corrected chi connectivity index (χ0v) is 15.1. The Balaban J connectivity index is 1.67. The van der Waals surface area contributed by atoms with E-state index in [4.69, 9.17) is 4.74 Å². The van der Waals surface area contributed by atoms with Gasteiger partial charge < -0.3 is 14.6 Å². The van der Waals surface area contributed by atoms with Gasteiger partial charge in [-0.15, -0.1) is 0 Å². The summed E-state index contributed by atoms with van der Waals surface area (Å²) in [5.41, 5.74) is 3.70. The number of fused-ring (bicyclic) bond motifs is 1. The van der Waals surface area contributed by atoms with E-state index >= 15 is 0 Å². The van der Waals surface area contributed by atoms with E-state index in [0.717, 1.165) is 22.1 Å². The lowest BCUT2D eigenvalue weighted by atomic mass is 10.0. The average molecular weight is 360 g/mol. The molecule has 1 N–H and O–H groups in total. The predicted octanol–water partition coefficient (Wildman–Crippen LogP) is 2.82. The van der Waals surface area contributed by atoms with E-state index in [1.165, 1.54) is 0 Å². The number of hydrogen-bond acceptors (Lipinski definition) is 3. The highest BCUT2D eigenvalue weighted by molar-refractivity contribution is 5.94. The lowest BCUT2D eigenvalue weighted by Gasteiger charge is -2.10. The van der Waals surface area contributed by atoms with Gasteiger partial charge in [0.2, 0.25) is 0 Å². The molecule has 0 spiro atoms. The Bertz CT molecular complexity index is 1110. The molecule has 0 saturated heterocycles. The molecule has 0 atom stereocenters. The number of pyridine rings is 1. The van der Waals surface area contributed by atoms with Crippen LogP contribution >= 0.6 is 0 Å². The summed E-state index contributed by atoms with van der Waals surface area (Å²) in [6, 6.07) is 15.2. The van der Waals surface area contributed by atoms with Crippen molar-refractivity contribution in [3.63, 3.8) is 0 Å². The summed E-state index contributed by atoms with van der Waals surface area (Å²) >= 11 is 0. The SMILES string of the molecule is CNC(=O)c1cccc(Cn2ccc3cc(C4=CCOC4)ccc3c2=O)c1. The zero-order valence-electron chi connectivity index (χ0n) is 15.1. The lowest BCUT2D eigenvalue weighted by molar-refractivity contribution is 0.0963. The zero-order chi connectivity index (χ0) is 18.8. The molecule has 3 aromatic rings. The molecular weight excluding hydrogens is 340 g/mol. The molecule has 0 fully saturated rings. The summed E-state index contributed by atoms with van der Waals surface area (Å²) in [6.07, 6.45) is 3.88. The van der Waals surface area contributed by atoms with Gasteiger partial charge in [0.15, 0.2) is 0 Å². The number of carbonyl (C=O) groups excluding carboxylic acids is 1. The largest absolute Gasteiger partial charge is 0.373 e. The van der Waals surface area contributed by atoms with Crippen molar-refractivity contribution in [2.75, 3.05) is 20.3 Å². The molecule has 27 heavy (non-hydrogen) atoms. The van der Waals surface area contributed by atoms with E-state index in [2.05, 4.69) is 11.4 Å². The van der Waals surface area contributed by atoms with Crippen molar-refractivity contribution in [3.8, 4) is 0 Å². The summed E-state index contributed by atoms with van der Waals surface area (Å²) in [5.74, 6) is -0.138. The van der Waals surface area contributed by atoms with Crippen molar-refractivity contribution in [3.05, 3.63) is 87.8 Å². The number of nitrogens with zero attached hydrogens (tertiary/aromatic N) is 1. The lowest BCUT2D eigenvalue weighted by Crippen LogP contribution is -2.21. The van der Waals surface area contributed by atoms with Gasteiger partial charge in [-0.1, -0.05) is 24.3 Å². The van der Waals surface area contributed by atoms with Crippen LogP contribution in [0.2, 0.25) is 0 Å². The van der Waals surface area contributed by atoms with Gasteiger partial charge in [-0.25, -0.2) is 0 Å². The Hall–Kier alpha value is -3.18. The third kappa shape index (κ3) is 3.41. The number of benzene rings is 2. The maximum absolute atomic E-state index is 12.9. The summed E-state index contributed by atoms with van der Waals surface area (Å²) in [6.45, 7) is 1.68. The minimum absolute atomic E-state index is 0.0407. The van der Waals surface area contributed by atoms with Gasteiger partial charge in [0, 0.05) is 24.2 Å². The van der Waals surface area contributed by atoms with Crippen LogP contribution in [0.5, 0.6) is 0 Å². The molecule has 5 nitrogen and oxygen atoms in total. The molecule has 1 amide bonds. The highest BCUT2D eigenvalue weighted by Gasteiger charge is 2.10. The molecule has 0 aliphatic carbocycles. The van der Waals surface area contributed by atoms with Gasteiger partial charge in [-0.3, -0.25) is 9.59 Å². The first kappa shape index (κ1) is 17.2. The van der Waals surface area contributed by atoms with Gasteiger partial charge >= 0.3 is 0 Å². The fourth-order valence-electron chi connectivity index (χ4n) is 3.35. The molecule has 2 heterocycles. The molecule has 5 heteroatoms. The number of nitrogens with one attached hydrogen (secondary N) is 1. The van der Waals surface area contributed by atoms with Gasteiger partial charge in [0.25, 0.3) is 11.5 Å². The topological polar surface area (TPSA) is 60.3 Å². The molecule has 4 rings (SSSR count). The first-order valence-electron chi connectivity index (χ1n) is 8.87. The van der Waals surface area contributed by atoms with Crippen molar-refractivity contribution in [1.29, 1.82) is 0 Å². The molecule has 0 unspecified atom stereocenters. The maximum Gasteiger partial charge on any atom is 0.258 e. The van der Waals surface area contributed by atoms with Crippen LogP contribution in [0.4, 0.5) is 0 Å². The van der Waals surface area contributed by atoms with Crippen LogP contribution in [0, 0.1) is 0 Å². The Morgan fingerprint density at radius 2 is 2.07 bits per heavy atom. The van der Waals surface area contributed by atoms with E-state index in [-0.39, 0.29) is 11.5 Å². The summed E-state index contributed by atoms with van der Waals surface area (Å²) < 4.78 is 7.05. The highest BCUT2D eigenvalue weighted by Crippen LogP contribution is 2.22. The van der Waals surface area contributed by atoms with Crippen LogP contribution in [0.25, 0.3) is 16.3 Å². The molecule has 0 saturated carbocycles. The van der Waals surface area contributed by atoms with E-state index in [0.29, 0.717) is 30.7 Å². The number of aromatic nitrogens is 1. The summed E-state index contributed by atoms with van der Waals surface area (Å²) in [7, 11) is 1.60. The molecule has 0 bridgehead atoms. The van der Waals surface area contributed by atoms with Crippen LogP contribution in [0.15, 0.2) is 65.6 Å². The van der Waals surface area contributed by atoms with Gasteiger partial charge in [0.1, 0.15) is 0 Å². The minimum Gasteiger partial charge on any atom is -0.373 e. The van der Waals surface area contributed by atoms with Crippen molar-refractivity contribution in [2.24, 2.45) is 0 Å². The monoisotopic (exact) mass is 360 g/mol. The van der Waals surface area contributed by atoms with Crippen molar-refractivity contribution in [2.45, 2.75) is 6.54 Å². The molecule has 136 valence electrons. The molecule has 2 aromatic carbocycles. The van der Waals surface area contributed by atoms with Crippen LogP contribution < -0.4 is 10.9 Å². The van der Waals surface area contributed by atoms with Crippen LogP contribution in [0.3, 0.4) is 0 Å². The molecule has 1 aliphatic heterocycles. The fourth-order valence-corrected chi connectivity index (χ4v) is 3.35. The second-order valence-electron chi connectivity index (χ2n) is 6.57. The maximum atomic E-state index is 12.9. The number of hydrogen-bond donors (Lipinski definition) is 1. The van der Waals surface area contributed by atoms with E-state index in [9.17, 15) is 9.59 Å². The van der Waals surface area contributed by atoms with Crippen LogP contribution in [0.1, 0.15) is 21.5 Å². The summed E-state index contributed by atoms with van der Waals surface area (Å²) in [4.78, 5) is 24.7. The molecule has 1 aliphatic rings. The molecular formula is C22H20N2O3. The fraction of sp³-hybridized carbons (Fsp3) is 0.182. The smallest absolute Gasteiger partial charge is 0.258 e. The first-order chi connectivity index (χ1) is 13.2. The first-order valence-corrected chi connectivity index (χ1v) is 8.87. The number of amides is 1. The van der Waals surface area contributed by atoms with Crippen molar-refractivity contribution >= 4 is 22.3 Å². The van der Waals surface area contributed by atoms with Crippen molar-refractivity contribution < 1.29 is 9.53 Å². The molecule has 1 aromatic heterocycles. The number of carbonyl (C=O) groups is 1. The second-order valence-corrected chi connectivity index (χ2v) is 6.57. The van der Waals surface area contributed by atoms with Gasteiger partial charge in [-0.2, -0.15) is 0 Å². The Morgan fingerprint density at radius 3 is 2.85 bits per heavy atom. The van der Waals surface area contributed by atoms with E-state index in [1.54, 1.807) is 23.9 Å². The predicted molar refractivity (Wildman–Crippen MR) is 106 cm³/mol. The normalized spacial score (nSPS) is 13.6. The minimum atomic E-state index is -0.138. The Morgan fingerprint density at radius 1 is 1.19 bits per heavy atom. The van der Waals surface area contributed by atoms with Gasteiger partial charge in [-0.05, 0) is 52.4 Å². The average Bonchev–Trinajstić information content (AvgIpc) is 3.24. The van der Waals surface area contributed by atoms with E-state index in [1.807, 2.05) is 42.5 Å². The molecule has 0 radical (unpaired) electrons. The van der Waals surface area contributed by atoms with Crippen LogP contribution in [-0.4, -0.2) is 30.7 Å². The highest BCUT2D eigenvalue weighted by atomic mass is 16.5.